The molecule has 0 saturated heterocycles. The molecule has 0 aromatic heterocycles. The van der Waals surface area contributed by atoms with Crippen LogP contribution in [0.2, 0.25) is 18.1 Å². The lowest BCUT2D eigenvalue weighted by atomic mass is 9.88. The standard InChI is InChI=1S/C16H19F17Si/c1-3-6-34(7-4-2)8-5-9(17,18)10(19,20)11(21,22)12(23,24)13(25,26)14(27,28)15(29,30)16(31,32)33/h34H,3-8H2,1-2H3. The van der Waals surface area contributed by atoms with Gasteiger partial charge in [-0.2, -0.15) is 74.6 Å². The summed E-state index contributed by atoms with van der Waals surface area (Å²) in [5.41, 5.74) is 0. The van der Waals surface area contributed by atoms with E-state index in [0.29, 0.717) is 12.8 Å². The number of rotatable bonds is 13. The fraction of sp³-hybridized carbons (Fsp3) is 1.00. The van der Waals surface area contributed by atoms with E-state index in [9.17, 15) is 74.6 Å². The van der Waals surface area contributed by atoms with Crippen LogP contribution in [0.3, 0.4) is 0 Å². The van der Waals surface area contributed by atoms with Crippen LogP contribution in [0.25, 0.3) is 0 Å². The van der Waals surface area contributed by atoms with E-state index in [4.69, 9.17) is 0 Å². The van der Waals surface area contributed by atoms with Crippen molar-refractivity contribution in [3.8, 4) is 0 Å². The Balaban J connectivity index is 6.39. The minimum absolute atomic E-state index is 0.207. The molecule has 0 amide bonds. The van der Waals surface area contributed by atoms with E-state index < -0.39 is 68.9 Å². The van der Waals surface area contributed by atoms with Crippen molar-refractivity contribution in [2.75, 3.05) is 0 Å². The molecule has 0 aromatic carbocycles. The number of hydrogen-bond donors (Lipinski definition) is 0. The largest absolute Gasteiger partial charge is 0.460 e. The van der Waals surface area contributed by atoms with Crippen LogP contribution < -0.4 is 0 Å². The van der Waals surface area contributed by atoms with Crippen LogP contribution >= 0.6 is 0 Å². The molecule has 0 spiro atoms. The molecule has 0 rings (SSSR count). The summed E-state index contributed by atoms with van der Waals surface area (Å²) in [4.78, 5) is 0. The Morgan fingerprint density at radius 2 is 0.706 bits per heavy atom. The minimum Gasteiger partial charge on any atom is -0.200 e. The molecule has 0 atom stereocenters. The lowest BCUT2D eigenvalue weighted by Crippen LogP contribution is -2.74. The molecule has 34 heavy (non-hydrogen) atoms. The monoisotopic (exact) mass is 562 g/mol. The predicted molar refractivity (Wildman–Crippen MR) is 87.5 cm³/mol. The Kier molecular flexibility index (Phi) is 9.54. The average molecular weight is 562 g/mol. The normalized spacial score (nSPS) is 15.9. The zero-order valence-corrected chi connectivity index (χ0v) is 18.4. The van der Waals surface area contributed by atoms with Gasteiger partial charge >= 0.3 is 47.6 Å². The van der Waals surface area contributed by atoms with Gasteiger partial charge in [-0.25, -0.2) is 0 Å². The second-order valence-electron chi connectivity index (χ2n) is 7.63. The summed E-state index contributed by atoms with van der Waals surface area (Å²) in [5.74, 6) is -55.6. The molecule has 0 saturated carbocycles. The molecule has 0 aliphatic rings. The predicted octanol–water partition coefficient (Wildman–Crippen LogP) is 8.43. The van der Waals surface area contributed by atoms with Crippen molar-refractivity contribution in [1.29, 1.82) is 0 Å². The van der Waals surface area contributed by atoms with E-state index in [2.05, 4.69) is 0 Å². The van der Waals surface area contributed by atoms with Crippen LogP contribution in [-0.2, 0) is 0 Å². The number of halogens is 17. The van der Waals surface area contributed by atoms with Crippen molar-refractivity contribution in [3.63, 3.8) is 0 Å². The van der Waals surface area contributed by atoms with Gasteiger partial charge in [0.25, 0.3) is 0 Å². The van der Waals surface area contributed by atoms with Gasteiger partial charge < -0.3 is 0 Å². The molecule has 0 unspecified atom stereocenters. The molecule has 0 N–H and O–H groups in total. The van der Waals surface area contributed by atoms with Crippen molar-refractivity contribution in [1.82, 2.24) is 0 Å². The van der Waals surface area contributed by atoms with E-state index in [0.717, 1.165) is 0 Å². The van der Waals surface area contributed by atoms with Crippen LogP contribution in [0.1, 0.15) is 33.1 Å². The van der Waals surface area contributed by atoms with Crippen molar-refractivity contribution >= 4 is 8.80 Å². The Morgan fingerprint density at radius 3 is 1.00 bits per heavy atom. The SMILES string of the molecule is CCC[SiH](CCC)CCC(F)(F)C(F)(F)C(F)(F)C(F)(F)C(F)(F)C(F)(F)C(F)(F)C(F)(F)F. The molecule has 0 aliphatic heterocycles. The van der Waals surface area contributed by atoms with Crippen LogP contribution in [-0.4, -0.2) is 56.4 Å². The zero-order chi connectivity index (χ0) is 27.8. The maximum Gasteiger partial charge on any atom is 0.460 e. The molecule has 18 heteroatoms. The van der Waals surface area contributed by atoms with E-state index in [1.807, 2.05) is 0 Å². The highest BCUT2D eigenvalue weighted by Crippen LogP contribution is 2.64. The summed E-state index contributed by atoms with van der Waals surface area (Å²) >= 11 is 0. The maximum atomic E-state index is 13.9. The van der Waals surface area contributed by atoms with Crippen molar-refractivity contribution < 1.29 is 74.6 Å². The van der Waals surface area contributed by atoms with Crippen molar-refractivity contribution in [2.24, 2.45) is 0 Å². The summed E-state index contributed by atoms with van der Waals surface area (Å²) in [6.45, 7) is 3.08. The average Bonchev–Trinajstić information content (AvgIpc) is 2.64. The van der Waals surface area contributed by atoms with Gasteiger partial charge in [-0.15, -0.1) is 0 Å². The first-order valence-electron chi connectivity index (χ1n) is 9.46. The first-order chi connectivity index (χ1) is 14.7. The minimum atomic E-state index is -8.57. The molecular weight excluding hydrogens is 543 g/mol. The Morgan fingerprint density at radius 1 is 0.412 bits per heavy atom. The molecule has 0 heterocycles. The second kappa shape index (κ2) is 9.82. The quantitative estimate of drug-likeness (QED) is 0.156. The van der Waals surface area contributed by atoms with Crippen LogP contribution in [0.15, 0.2) is 0 Å². The molecule has 0 bridgehead atoms. The summed E-state index contributed by atoms with van der Waals surface area (Å²) in [5, 5.41) is 0. The van der Waals surface area contributed by atoms with Crippen LogP contribution in [0, 0.1) is 0 Å². The fourth-order valence-electron chi connectivity index (χ4n) is 2.99. The molecule has 0 radical (unpaired) electrons. The van der Waals surface area contributed by atoms with E-state index in [1.54, 1.807) is 0 Å². The van der Waals surface area contributed by atoms with Gasteiger partial charge in [-0.1, -0.05) is 44.8 Å². The Labute approximate surface area is 183 Å². The van der Waals surface area contributed by atoms with Crippen molar-refractivity contribution in [3.05, 3.63) is 0 Å². The summed E-state index contributed by atoms with van der Waals surface area (Å²) in [6.07, 6.45) is -9.34. The Bertz CT molecular complexity index is 661. The number of hydrogen-bond acceptors (Lipinski definition) is 0. The van der Waals surface area contributed by atoms with E-state index in [-0.39, 0.29) is 12.1 Å². The molecule has 0 aliphatic carbocycles. The first kappa shape index (κ1) is 33.0. The third-order valence-electron chi connectivity index (χ3n) is 5.05. The number of alkyl halides is 17. The topological polar surface area (TPSA) is 0 Å². The summed E-state index contributed by atoms with van der Waals surface area (Å²) in [6, 6.07) is -0.484. The highest BCUT2D eigenvalue weighted by Gasteiger charge is 2.95. The molecule has 206 valence electrons. The fourth-order valence-corrected chi connectivity index (χ4v) is 6.26. The van der Waals surface area contributed by atoms with Gasteiger partial charge in [0.05, 0.1) is 0 Å². The Hall–Kier alpha value is -0.973. The maximum absolute atomic E-state index is 13.9. The highest BCUT2D eigenvalue weighted by molar-refractivity contribution is 6.58. The lowest BCUT2D eigenvalue weighted by molar-refractivity contribution is -0.461. The molecular formula is C16H19F17Si. The smallest absolute Gasteiger partial charge is 0.200 e. The third kappa shape index (κ3) is 5.10. The third-order valence-corrected chi connectivity index (χ3v) is 8.94. The zero-order valence-electron chi connectivity index (χ0n) is 17.2. The van der Waals surface area contributed by atoms with Gasteiger partial charge in [-0.3, -0.25) is 0 Å². The van der Waals surface area contributed by atoms with Gasteiger partial charge in [-0.05, 0) is 0 Å². The molecule has 0 nitrogen and oxygen atoms in total. The van der Waals surface area contributed by atoms with Gasteiger partial charge in [0, 0.05) is 15.2 Å². The van der Waals surface area contributed by atoms with Crippen molar-refractivity contribution in [2.45, 2.75) is 98.9 Å². The van der Waals surface area contributed by atoms with Gasteiger partial charge in [0.15, 0.2) is 0 Å². The highest BCUT2D eigenvalue weighted by atomic mass is 28.3. The molecule has 0 aromatic rings. The van der Waals surface area contributed by atoms with Gasteiger partial charge in [0.2, 0.25) is 0 Å². The molecule has 0 fully saturated rings. The lowest BCUT2D eigenvalue weighted by Gasteiger charge is -2.43. The summed E-state index contributed by atoms with van der Waals surface area (Å²) in [7, 11) is -2.34. The van der Waals surface area contributed by atoms with E-state index in [1.165, 1.54) is 13.8 Å². The van der Waals surface area contributed by atoms with Crippen LogP contribution in [0.5, 0.6) is 0 Å². The van der Waals surface area contributed by atoms with Crippen LogP contribution in [0.4, 0.5) is 74.6 Å². The first-order valence-corrected chi connectivity index (χ1v) is 11.9. The van der Waals surface area contributed by atoms with Gasteiger partial charge in [0.1, 0.15) is 0 Å². The van der Waals surface area contributed by atoms with E-state index >= 15 is 0 Å². The summed E-state index contributed by atoms with van der Waals surface area (Å²) < 4.78 is 224. The second-order valence-corrected chi connectivity index (χ2v) is 11.1.